The minimum atomic E-state index is -0.0704. The Morgan fingerprint density at radius 1 is 0.947 bits per heavy atom. The van der Waals surface area contributed by atoms with Crippen LogP contribution in [0.4, 0.5) is 0 Å². The maximum Gasteiger partial charge on any atom is 0.126 e. The number of aryl methyl sites for hydroxylation is 1. The molecule has 0 atom stereocenters. The maximum absolute atomic E-state index is 6.11. The zero-order chi connectivity index (χ0) is 13.6. The molecule has 1 aliphatic heterocycles. The van der Waals surface area contributed by atoms with Gasteiger partial charge in [-0.2, -0.15) is 0 Å². The van der Waals surface area contributed by atoms with Crippen molar-refractivity contribution in [3.63, 3.8) is 0 Å². The third kappa shape index (κ3) is 2.14. The second-order valence-corrected chi connectivity index (χ2v) is 6.13. The first-order valence-electron chi connectivity index (χ1n) is 6.85. The second-order valence-electron chi connectivity index (χ2n) is 6.13. The summed E-state index contributed by atoms with van der Waals surface area (Å²) < 4.78 is 6.11. The lowest BCUT2D eigenvalue weighted by Gasteiger charge is -2.18. The predicted molar refractivity (Wildman–Crippen MR) is 79.8 cm³/mol. The molecule has 2 aromatic rings. The molecule has 0 spiro atoms. The topological polar surface area (TPSA) is 9.23 Å². The first-order chi connectivity index (χ1) is 8.96. The zero-order valence-corrected chi connectivity index (χ0v) is 12.1. The van der Waals surface area contributed by atoms with E-state index in [9.17, 15) is 0 Å². The lowest BCUT2D eigenvalue weighted by Crippen LogP contribution is -2.24. The molecule has 3 rings (SSSR count). The molecule has 0 amide bonds. The highest BCUT2D eigenvalue weighted by Gasteiger charge is 2.31. The normalized spacial score (nSPS) is 16.0. The standard InChI is InChI=1S/C18H20O/c1-12-5-7-14(8-6-12)16-10-9-15-11-18(3,4)19-17(15)13(16)2/h5-10H,11H2,1-4H3. The Bertz CT molecular complexity index is 621. The summed E-state index contributed by atoms with van der Waals surface area (Å²) in [4.78, 5) is 0. The Morgan fingerprint density at radius 3 is 2.32 bits per heavy atom. The largest absolute Gasteiger partial charge is 0.487 e. The number of hydrogen-bond acceptors (Lipinski definition) is 1. The molecule has 1 aliphatic rings. The Kier molecular flexibility index (Phi) is 2.67. The number of fused-ring (bicyclic) bond motifs is 1. The fraction of sp³-hybridized carbons (Fsp3) is 0.333. The van der Waals surface area contributed by atoms with Gasteiger partial charge in [-0.25, -0.2) is 0 Å². The lowest BCUT2D eigenvalue weighted by molar-refractivity contribution is 0.137. The van der Waals surface area contributed by atoms with Gasteiger partial charge in [-0.05, 0) is 49.9 Å². The first kappa shape index (κ1) is 12.3. The molecule has 0 saturated carbocycles. The molecule has 1 heteroatoms. The molecule has 0 saturated heterocycles. The van der Waals surface area contributed by atoms with Gasteiger partial charge in [0.1, 0.15) is 11.4 Å². The van der Waals surface area contributed by atoms with Crippen molar-refractivity contribution in [2.45, 2.75) is 39.7 Å². The summed E-state index contributed by atoms with van der Waals surface area (Å²) in [5.41, 5.74) is 6.35. The number of rotatable bonds is 1. The van der Waals surface area contributed by atoms with Crippen molar-refractivity contribution in [2.24, 2.45) is 0 Å². The van der Waals surface area contributed by atoms with Crippen LogP contribution in [-0.2, 0) is 6.42 Å². The molecule has 0 radical (unpaired) electrons. The third-order valence-corrected chi connectivity index (χ3v) is 3.84. The Hall–Kier alpha value is -1.76. The summed E-state index contributed by atoms with van der Waals surface area (Å²) in [7, 11) is 0. The van der Waals surface area contributed by atoms with Gasteiger partial charge in [0, 0.05) is 6.42 Å². The van der Waals surface area contributed by atoms with E-state index in [1.54, 1.807) is 0 Å². The van der Waals surface area contributed by atoms with Crippen LogP contribution in [0.5, 0.6) is 5.75 Å². The molecule has 0 aromatic heterocycles. The highest BCUT2D eigenvalue weighted by molar-refractivity contribution is 5.71. The van der Waals surface area contributed by atoms with Crippen LogP contribution in [0.25, 0.3) is 11.1 Å². The quantitative estimate of drug-likeness (QED) is 0.715. The van der Waals surface area contributed by atoms with E-state index in [1.807, 2.05) is 0 Å². The van der Waals surface area contributed by atoms with Crippen LogP contribution in [0.1, 0.15) is 30.5 Å². The van der Waals surface area contributed by atoms with Crippen molar-refractivity contribution in [2.75, 3.05) is 0 Å². The van der Waals surface area contributed by atoms with E-state index in [-0.39, 0.29) is 5.60 Å². The van der Waals surface area contributed by atoms with Crippen LogP contribution in [0.3, 0.4) is 0 Å². The molecule has 98 valence electrons. The average molecular weight is 252 g/mol. The van der Waals surface area contributed by atoms with E-state index in [4.69, 9.17) is 4.74 Å². The molecular weight excluding hydrogens is 232 g/mol. The monoisotopic (exact) mass is 252 g/mol. The van der Waals surface area contributed by atoms with Crippen molar-refractivity contribution >= 4 is 0 Å². The van der Waals surface area contributed by atoms with E-state index in [2.05, 4.69) is 64.1 Å². The van der Waals surface area contributed by atoms with E-state index in [1.165, 1.54) is 27.8 Å². The highest BCUT2D eigenvalue weighted by Crippen LogP contribution is 2.41. The van der Waals surface area contributed by atoms with Gasteiger partial charge in [-0.15, -0.1) is 0 Å². The third-order valence-electron chi connectivity index (χ3n) is 3.84. The van der Waals surface area contributed by atoms with Crippen molar-refractivity contribution in [3.05, 3.63) is 53.1 Å². The van der Waals surface area contributed by atoms with Crippen LogP contribution in [0, 0.1) is 13.8 Å². The molecule has 0 aliphatic carbocycles. The van der Waals surface area contributed by atoms with Crippen LogP contribution in [-0.4, -0.2) is 5.60 Å². The minimum absolute atomic E-state index is 0.0704. The molecule has 0 fully saturated rings. The van der Waals surface area contributed by atoms with Crippen LogP contribution < -0.4 is 4.74 Å². The SMILES string of the molecule is Cc1ccc(-c2ccc3c(c2C)OC(C)(C)C3)cc1. The fourth-order valence-electron chi connectivity index (χ4n) is 2.85. The Labute approximate surface area is 115 Å². The molecule has 0 bridgehead atoms. The smallest absolute Gasteiger partial charge is 0.126 e. The van der Waals surface area contributed by atoms with Crippen molar-refractivity contribution < 1.29 is 4.74 Å². The molecule has 0 unspecified atom stereocenters. The van der Waals surface area contributed by atoms with E-state index >= 15 is 0 Å². The van der Waals surface area contributed by atoms with Crippen molar-refractivity contribution in [1.82, 2.24) is 0 Å². The fourth-order valence-corrected chi connectivity index (χ4v) is 2.85. The predicted octanol–water partition coefficient (Wildman–Crippen LogP) is 4.68. The van der Waals surface area contributed by atoms with Gasteiger partial charge in [-0.3, -0.25) is 0 Å². The summed E-state index contributed by atoms with van der Waals surface area (Å²) in [5, 5.41) is 0. The van der Waals surface area contributed by atoms with E-state index < -0.39 is 0 Å². The van der Waals surface area contributed by atoms with Crippen LogP contribution >= 0.6 is 0 Å². The van der Waals surface area contributed by atoms with Gasteiger partial charge in [0.2, 0.25) is 0 Å². The minimum Gasteiger partial charge on any atom is -0.487 e. The summed E-state index contributed by atoms with van der Waals surface area (Å²) in [5.74, 6) is 1.09. The average Bonchev–Trinajstić information content (AvgIpc) is 2.67. The van der Waals surface area contributed by atoms with E-state index in [0.29, 0.717) is 0 Å². The summed E-state index contributed by atoms with van der Waals surface area (Å²) in [6.45, 7) is 8.58. The summed E-state index contributed by atoms with van der Waals surface area (Å²) in [6.07, 6.45) is 0.997. The van der Waals surface area contributed by atoms with E-state index in [0.717, 1.165) is 12.2 Å². The number of hydrogen-bond donors (Lipinski definition) is 0. The molecule has 0 N–H and O–H groups in total. The number of ether oxygens (including phenoxy) is 1. The van der Waals surface area contributed by atoms with Gasteiger partial charge in [-0.1, -0.05) is 42.0 Å². The van der Waals surface area contributed by atoms with Gasteiger partial charge >= 0.3 is 0 Å². The maximum atomic E-state index is 6.11. The van der Waals surface area contributed by atoms with Gasteiger partial charge in [0.05, 0.1) is 0 Å². The molecule has 1 nitrogen and oxygen atoms in total. The van der Waals surface area contributed by atoms with Crippen LogP contribution in [0.15, 0.2) is 36.4 Å². The summed E-state index contributed by atoms with van der Waals surface area (Å²) >= 11 is 0. The van der Waals surface area contributed by atoms with Gasteiger partial charge in [0.25, 0.3) is 0 Å². The molecular formula is C18H20O. The summed E-state index contributed by atoms with van der Waals surface area (Å²) in [6, 6.07) is 13.1. The first-order valence-corrected chi connectivity index (χ1v) is 6.85. The molecule has 19 heavy (non-hydrogen) atoms. The number of benzene rings is 2. The zero-order valence-electron chi connectivity index (χ0n) is 12.1. The van der Waals surface area contributed by atoms with Gasteiger partial charge < -0.3 is 4.74 Å². The lowest BCUT2D eigenvalue weighted by atomic mass is 9.95. The Balaban J connectivity index is 2.09. The van der Waals surface area contributed by atoms with Crippen LogP contribution in [0.2, 0.25) is 0 Å². The van der Waals surface area contributed by atoms with Crippen molar-refractivity contribution in [3.8, 4) is 16.9 Å². The molecule has 1 heterocycles. The second kappa shape index (κ2) is 4.12. The van der Waals surface area contributed by atoms with Crippen molar-refractivity contribution in [1.29, 1.82) is 0 Å². The Morgan fingerprint density at radius 2 is 1.63 bits per heavy atom. The van der Waals surface area contributed by atoms with Gasteiger partial charge in [0.15, 0.2) is 0 Å². The molecule has 2 aromatic carbocycles. The highest BCUT2D eigenvalue weighted by atomic mass is 16.5.